The summed E-state index contributed by atoms with van der Waals surface area (Å²) < 4.78 is 6.97. The van der Waals surface area contributed by atoms with E-state index in [2.05, 4.69) is 53.8 Å². The van der Waals surface area contributed by atoms with Gasteiger partial charge in [0.2, 0.25) is 0 Å². The van der Waals surface area contributed by atoms with Crippen LogP contribution in [0.2, 0.25) is 5.15 Å². The maximum absolute atomic E-state index is 12.2. The number of esters is 1. The first-order chi connectivity index (χ1) is 15.4. The number of nitrogens with zero attached hydrogens (tertiary/aromatic N) is 4. The molecule has 0 radical (unpaired) electrons. The van der Waals surface area contributed by atoms with Gasteiger partial charge in [0.1, 0.15) is 16.6 Å². The lowest BCUT2D eigenvalue weighted by molar-refractivity contribution is 0.0595. The quantitative estimate of drug-likeness (QED) is 0.315. The van der Waals surface area contributed by atoms with Crippen LogP contribution in [0.4, 0.5) is 5.69 Å². The highest BCUT2D eigenvalue weighted by atomic mass is 35.5. The molecule has 0 fully saturated rings. The van der Waals surface area contributed by atoms with Crippen molar-refractivity contribution in [2.75, 3.05) is 12.4 Å². The summed E-state index contributed by atoms with van der Waals surface area (Å²) in [6.07, 6.45) is 3.73. The minimum absolute atomic E-state index is 0.147. The number of imidazole rings is 1. The number of fused-ring (bicyclic) bond motifs is 3. The molecule has 0 bridgehead atoms. The zero-order valence-electron chi connectivity index (χ0n) is 18.9. The van der Waals surface area contributed by atoms with Gasteiger partial charge in [-0.1, -0.05) is 31.5 Å². The van der Waals surface area contributed by atoms with Crippen molar-refractivity contribution >= 4 is 39.8 Å². The number of methoxy groups -OCH3 is 1. The molecule has 3 heterocycles. The van der Waals surface area contributed by atoms with Gasteiger partial charge in [0.05, 0.1) is 30.0 Å². The topological polar surface area (TPSA) is 81.4 Å². The molecular weight excluding hydrogens is 426 g/mol. The molecule has 0 aliphatic rings. The molecule has 1 N–H and O–H groups in total. The van der Waals surface area contributed by atoms with E-state index >= 15 is 0 Å². The third kappa shape index (κ3) is 3.88. The second-order valence-electron chi connectivity index (χ2n) is 7.80. The predicted octanol–water partition coefficient (Wildman–Crippen LogP) is 5.32. The first-order valence-corrected chi connectivity index (χ1v) is 11.1. The van der Waals surface area contributed by atoms with Crippen LogP contribution in [-0.2, 0) is 17.6 Å². The summed E-state index contributed by atoms with van der Waals surface area (Å²) in [5, 5.41) is 4.64. The van der Waals surface area contributed by atoms with E-state index < -0.39 is 5.97 Å². The Labute approximate surface area is 191 Å². The molecule has 8 heteroatoms. The van der Waals surface area contributed by atoms with Crippen molar-refractivity contribution in [2.24, 2.45) is 0 Å². The Morgan fingerprint density at radius 3 is 2.66 bits per heavy atom. The molecule has 0 amide bonds. The number of rotatable bonds is 6. The SMILES string of the molecule is CCc1cn2c(CC)nc3c([C@@H](C)Nc4ccc(Cl)nc4C(=O)OC)cc(C)cc3c2n1. The number of hydrogen-bond donors (Lipinski definition) is 1. The average molecular weight is 452 g/mol. The summed E-state index contributed by atoms with van der Waals surface area (Å²) in [6.45, 7) is 8.29. The molecule has 32 heavy (non-hydrogen) atoms. The lowest BCUT2D eigenvalue weighted by Gasteiger charge is -2.20. The normalized spacial score (nSPS) is 12.3. The van der Waals surface area contributed by atoms with Gasteiger partial charge in [0.15, 0.2) is 5.69 Å². The van der Waals surface area contributed by atoms with Crippen molar-refractivity contribution in [1.29, 1.82) is 0 Å². The van der Waals surface area contributed by atoms with Gasteiger partial charge in [-0.3, -0.25) is 4.40 Å². The first kappa shape index (κ1) is 22.0. The minimum Gasteiger partial charge on any atom is -0.464 e. The van der Waals surface area contributed by atoms with Crippen molar-refractivity contribution in [3.05, 3.63) is 64.0 Å². The van der Waals surface area contributed by atoms with Crippen LogP contribution in [0.1, 0.15) is 59.9 Å². The summed E-state index contributed by atoms with van der Waals surface area (Å²) in [7, 11) is 1.32. The van der Waals surface area contributed by atoms with Crippen molar-refractivity contribution in [3.63, 3.8) is 0 Å². The van der Waals surface area contributed by atoms with E-state index in [1.54, 1.807) is 12.1 Å². The lowest BCUT2D eigenvalue weighted by atomic mass is 10.0. The fraction of sp³-hybridized carbons (Fsp3) is 0.333. The summed E-state index contributed by atoms with van der Waals surface area (Å²) in [6, 6.07) is 7.47. The Morgan fingerprint density at radius 2 is 1.97 bits per heavy atom. The maximum Gasteiger partial charge on any atom is 0.358 e. The highest BCUT2D eigenvalue weighted by molar-refractivity contribution is 6.29. The number of halogens is 1. The van der Waals surface area contributed by atoms with Gasteiger partial charge in [-0.2, -0.15) is 0 Å². The molecule has 0 aliphatic heterocycles. The number of benzene rings is 1. The molecule has 4 rings (SSSR count). The Hall–Kier alpha value is -3.19. The Kier molecular flexibility index (Phi) is 6.02. The number of carbonyl (C=O) groups excluding carboxylic acids is 1. The fourth-order valence-corrected chi connectivity index (χ4v) is 4.11. The van der Waals surface area contributed by atoms with Crippen LogP contribution in [0.5, 0.6) is 0 Å². The summed E-state index contributed by atoms with van der Waals surface area (Å²) in [5.74, 6) is 0.411. The van der Waals surface area contributed by atoms with Crippen molar-refractivity contribution < 1.29 is 9.53 Å². The number of carbonyl (C=O) groups is 1. The monoisotopic (exact) mass is 451 g/mol. The Bertz CT molecular complexity index is 1330. The second-order valence-corrected chi connectivity index (χ2v) is 8.19. The number of pyridine rings is 1. The van der Waals surface area contributed by atoms with Crippen molar-refractivity contribution in [3.8, 4) is 0 Å². The van der Waals surface area contributed by atoms with Crippen LogP contribution >= 0.6 is 11.6 Å². The Morgan fingerprint density at radius 1 is 1.19 bits per heavy atom. The maximum atomic E-state index is 12.2. The van der Waals surface area contributed by atoms with Crippen LogP contribution in [0.3, 0.4) is 0 Å². The molecule has 1 atom stereocenters. The smallest absolute Gasteiger partial charge is 0.358 e. The summed E-state index contributed by atoms with van der Waals surface area (Å²) >= 11 is 6.01. The van der Waals surface area contributed by atoms with Gasteiger partial charge in [0.25, 0.3) is 0 Å². The minimum atomic E-state index is -0.547. The number of hydrogen-bond acceptors (Lipinski definition) is 6. The highest BCUT2D eigenvalue weighted by Crippen LogP contribution is 2.31. The zero-order chi connectivity index (χ0) is 23.0. The van der Waals surface area contributed by atoms with E-state index in [0.29, 0.717) is 5.69 Å². The first-order valence-electron chi connectivity index (χ1n) is 10.7. The van der Waals surface area contributed by atoms with E-state index in [1.807, 2.05) is 6.92 Å². The molecule has 0 saturated carbocycles. The van der Waals surface area contributed by atoms with Crippen LogP contribution < -0.4 is 5.32 Å². The fourth-order valence-electron chi connectivity index (χ4n) is 3.97. The zero-order valence-corrected chi connectivity index (χ0v) is 19.6. The van der Waals surface area contributed by atoms with E-state index in [0.717, 1.165) is 52.0 Å². The van der Waals surface area contributed by atoms with E-state index in [1.165, 1.54) is 7.11 Å². The van der Waals surface area contributed by atoms with Crippen LogP contribution in [-0.4, -0.2) is 32.4 Å². The van der Waals surface area contributed by atoms with Crippen molar-refractivity contribution in [2.45, 2.75) is 46.6 Å². The van der Waals surface area contributed by atoms with E-state index in [-0.39, 0.29) is 16.9 Å². The highest BCUT2D eigenvalue weighted by Gasteiger charge is 2.20. The number of aryl methyl sites for hydroxylation is 3. The lowest BCUT2D eigenvalue weighted by Crippen LogP contribution is -2.14. The van der Waals surface area contributed by atoms with Gasteiger partial charge in [-0.15, -0.1) is 0 Å². The number of aromatic nitrogens is 4. The molecule has 0 unspecified atom stereocenters. The molecule has 166 valence electrons. The molecule has 4 aromatic rings. The van der Waals surface area contributed by atoms with Crippen LogP contribution in [0.25, 0.3) is 16.6 Å². The summed E-state index contributed by atoms with van der Waals surface area (Å²) in [4.78, 5) is 26.3. The van der Waals surface area contributed by atoms with Crippen LogP contribution in [0.15, 0.2) is 30.5 Å². The van der Waals surface area contributed by atoms with Crippen LogP contribution in [0, 0.1) is 6.92 Å². The molecule has 3 aromatic heterocycles. The third-order valence-corrected chi connectivity index (χ3v) is 5.77. The molecule has 1 aromatic carbocycles. The number of ether oxygens (including phenoxy) is 1. The predicted molar refractivity (Wildman–Crippen MR) is 127 cm³/mol. The van der Waals surface area contributed by atoms with Gasteiger partial charge >= 0.3 is 5.97 Å². The number of anilines is 1. The van der Waals surface area contributed by atoms with Gasteiger partial charge in [-0.05, 0) is 44.0 Å². The largest absolute Gasteiger partial charge is 0.464 e. The average Bonchev–Trinajstić information content (AvgIpc) is 3.23. The molecule has 7 nitrogen and oxygen atoms in total. The van der Waals surface area contributed by atoms with Crippen molar-refractivity contribution in [1.82, 2.24) is 19.4 Å². The third-order valence-electron chi connectivity index (χ3n) is 5.56. The Balaban J connectivity index is 1.87. The van der Waals surface area contributed by atoms with Gasteiger partial charge < -0.3 is 10.1 Å². The molecule has 0 aliphatic carbocycles. The van der Waals surface area contributed by atoms with Gasteiger partial charge in [-0.25, -0.2) is 19.7 Å². The van der Waals surface area contributed by atoms with E-state index in [4.69, 9.17) is 26.3 Å². The standard InChI is InChI=1S/C24H26ClN5O2/c1-6-15-12-30-20(7-2)29-21-16(10-13(3)11-17(21)23(30)27-15)14(4)26-18-8-9-19(25)28-22(18)24(31)32-5/h8-12,14,26H,6-7H2,1-5H3/t14-/m1/s1. The van der Waals surface area contributed by atoms with E-state index in [9.17, 15) is 4.79 Å². The van der Waals surface area contributed by atoms with Gasteiger partial charge in [0, 0.05) is 23.6 Å². The second kappa shape index (κ2) is 8.74. The summed E-state index contributed by atoms with van der Waals surface area (Å²) in [5.41, 5.74) is 5.68. The molecule has 0 saturated heterocycles. The molecular formula is C24H26ClN5O2. The molecule has 0 spiro atoms. The number of nitrogens with one attached hydrogen (secondary N) is 1.